The minimum absolute atomic E-state index is 0.281. The number of allylic oxidation sites excluding steroid dienone is 1. The van der Waals surface area contributed by atoms with Gasteiger partial charge in [-0.2, -0.15) is 0 Å². The molecule has 3 saturated heterocycles. The highest BCUT2D eigenvalue weighted by Gasteiger charge is 2.40. The zero-order chi connectivity index (χ0) is 18.3. The first-order valence-electron chi connectivity index (χ1n) is 11.0. The summed E-state index contributed by atoms with van der Waals surface area (Å²) in [5.74, 6) is 0. The summed E-state index contributed by atoms with van der Waals surface area (Å²) in [6.07, 6.45) is 17.8. The van der Waals surface area contributed by atoms with Crippen LogP contribution in [0, 0.1) is 0 Å². The van der Waals surface area contributed by atoms with Gasteiger partial charge in [-0.25, -0.2) is 0 Å². The maximum atomic E-state index is 6.30. The molecule has 0 saturated carbocycles. The first-order valence-corrected chi connectivity index (χ1v) is 11.0. The summed E-state index contributed by atoms with van der Waals surface area (Å²) in [6, 6.07) is 10.8. The third-order valence-corrected chi connectivity index (χ3v) is 6.24. The van der Waals surface area contributed by atoms with Crippen LogP contribution >= 0.6 is 0 Å². The first kappa shape index (κ1) is 19.2. The monoisotopic (exact) mass is 370 g/mol. The highest BCUT2D eigenvalue weighted by Crippen LogP contribution is 2.35. The second kappa shape index (κ2) is 9.86. The molecule has 0 aromatic heterocycles. The Morgan fingerprint density at radius 2 is 1.59 bits per heavy atom. The fraction of sp³-hybridized carbons (Fsp3) is 0.667. The summed E-state index contributed by atoms with van der Waals surface area (Å²) in [5, 5.41) is 0. The molecule has 5 atom stereocenters. The van der Waals surface area contributed by atoms with Crippen LogP contribution in [0.15, 0.2) is 42.5 Å². The van der Waals surface area contributed by atoms with Crippen molar-refractivity contribution in [3.05, 3.63) is 48.0 Å². The largest absolute Gasteiger partial charge is 0.376 e. The number of aryl methyl sites for hydroxylation is 1. The zero-order valence-corrected chi connectivity index (χ0v) is 16.4. The summed E-state index contributed by atoms with van der Waals surface area (Å²) in [5.41, 5.74) is 1.45. The molecule has 0 spiro atoms. The van der Waals surface area contributed by atoms with E-state index in [9.17, 15) is 0 Å². The molecule has 3 fully saturated rings. The van der Waals surface area contributed by atoms with Crippen molar-refractivity contribution in [1.82, 2.24) is 0 Å². The van der Waals surface area contributed by atoms with Gasteiger partial charge in [0.2, 0.25) is 0 Å². The van der Waals surface area contributed by atoms with Gasteiger partial charge in [0.15, 0.2) is 0 Å². The molecule has 0 amide bonds. The van der Waals surface area contributed by atoms with Crippen molar-refractivity contribution in [3.63, 3.8) is 0 Å². The molecule has 3 aliphatic heterocycles. The van der Waals surface area contributed by atoms with E-state index in [0.29, 0.717) is 12.2 Å². The van der Waals surface area contributed by atoms with E-state index in [-0.39, 0.29) is 18.3 Å². The van der Waals surface area contributed by atoms with E-state index in [2.05, 4.69) is 42.5 Å². The molecule has 0 N–H and O–H groups in total. The predicted molar refractivity (Wildman–Crippen MR) is 108 cm³/mol. The summed E-state index contributed by atoms with van der Waals surface area (Å²) >= 11 is 0. The molecule has 0 aliphatic carbocycles. The molecule has 27 heavy (non-hydrogen) atoms. The lowest BCUT2D eigenvalue weighted by atomic mass is 10.0. The molecular weight excluding hydrogens is 336 g/mol. The minimum atomic E-state index is 0.281. The Bertz CT molecular complexity index is 579. The molecule has 4 rings (SSSR count). The maximum Gasteiger partial charge on any atom is 0.0846 e. The van der Waals surface area contributed by atoms with Crippen LogP contribution in [0.1, 0.15) is 63.4 Å². The van der Waals surface area contributed by atoms with Crippen LogP contribution < -0.4 is 0 Å². The summed E-state index contributed by atoms with van der Waals surface area (Å²) in [4.78, 5) is 0. The average Bonchev–Trinajstić information content (AvgIpc) is 3.46. The van der Waals surface area contributed by atoms with Gasteiger partial charge in [-0.05, 0) is 69.8 Å². The highest BCUT2D eigenvalue weighted by molar-refractivity contribution is 5.14. The van der Waals surface area contributed by atoms with E-state index >= 15 is 0 Å². The minimum Gasteiger partial charge on any atom is -0.376 e. The fourth-order valence-electron chi connectivity index (χ4n) is 4.72. The number of benzene rings is 1. The van der Waals surface area contributed by atoms with Gasteiger partial charge in [-0.1, -0.05) is 42.5 Å². The quantitative estimate of drug-likeness (QED) is 0.463. The van der Waals surface area contributed by atoms with E-state index in [4.69, 9.17) is 14.2 Å². The third-order valence-electron chi connectivity index (χ3n) is 6.24. The van der Waals surface area contributed by atoms with E-state index in [0.717, 1.165) is 38.7 Å². The van der Waals surface area contributed by atoms with Crippen LogP contribution in [0.4, 0.5) is 0 Å². The topological polar surface area (TPSA) is 27.7 Å². The van der Waals surface area contributed by atoms with Gasteiger partial charge in [0, 0.05) is 6.61 Å². The Labute approximate surface area is 164 Å². The second-order valence-corrected chi connectivity index (χ2v) is 8.29. The van der Waals surface area contributed by atoms with Crippen LogP contribution in [0.25, 0.3) is 0 Å². The van der Waals surface area contributed by atoms with Crippen LogP contribution in [0.2, 0.25) is 0 Å². The number of unbranched alkanes of at least 4 members (excludes halogenated alkanes) is 2. The SMILES string of the molecule is C(=C\[C@@H]1CC[C@H]([C@@H]2CC[C@H]([C@@H]3CCCO3)O2)O1)/CCCCc1ccccc1. The molecule has 3 heteroatoms. The van der Waals surface area contributed by atoms with E-state index in [1.807, 2.05) is 0 Å². The van der Waals surface area contributed by atoms with Gasteiger partial charge in [0.1, 0.15) is 0 Å². The van der Waals surface area contributed by atoms with Crippen molar-refractivity contribution < 1.29 is 14.2 Å². The van der Waals surface area contributed by atoms with Gasteiger partial charge < -0.3 is 14.2 Å². The molecule has 0 radical (unpaired) electrons. The van der Waals surface area contributed by atoms with Gasteiger partial charge in [-0.3, -0.25) is 0 Å². The Hall–Kier alpha value is -1.16. The van der Waals surface area contributed by atoms with Crippen molar-refractivity contribution in [2.45, 2.75) is 94.7 Å². The Kier molecular flexibility index (Phi) is 7.00. The molecule has 1 aromatic rings. The van der Waals surface area contributed by atoms with Crippen LogP contribution in [-0.4, -0.2) is 37.1 Å². The zero-order valence-electron chi connectivity index (χ0n) is 16.4. The number of ether oxygens (including phenoxy) is 3. The number of rotatable bonds is 8. The standard InChI is InChI=1S/C24H34O3/c1(4-9-19-10-5-3-6-11-19)2-7-12-20-14-15-23(26-20)24-17-16-22(27-24)21-13-8-18-25-21/h3,5-7,10-12,20-24H,1-2,4,8-9,13-18H2/b12-7+/t20-,21+,22-,23-,24+/m1/s1. The Balaban J connectivity index is 1.11. The second-order valence-electron chi connectivity index (χ2n) is 8.29. The van der Waals surface area contributed by atoms with Crippen molar-refractivity contribution in [1.29, 1.82) is 0 Å². The lowest BCUT2D eigenvalue weighted by molar-refractivity contribution is -0.0906. The molecule has 3 nitrogen and oxygen atoms in total. The number of hydrogen-bond donors (Lipinski definition) is 0. The van der Waals surface area contributed by atoms with Crippen molar-refractivity contribution in [3.8, 4) is 0 Å². The lowest BCUT2D eigenvalue weighted by Crippen LogP contribution is -2.30. The van der Waals surface area contributed by atoms with Crippen LogP contribution in [-0.2, 0) is 20.6 Å². The van der Waals surface area contributed by atoms with Gasteiger partial charge in [0.05, 0.1) is 30.5 Å². The van der Waals surface area contributed by atoms with Crippen LogP contribution in [0.5, 0.6) is 0 Å². The van der Waals surface area contributed by atoms with Crippen molar-refractivity contribution in [2.24, 2.45) is 0 Å². The normalized spacial score (nSPS) is 34.0. The molecular formula is C24H34O3. The van der Waals surface area contributed by atoms with Crippen LogP contribution in [0.3, 0.4) is 0 Å². The van der Waals surface area contributed by atoms with E-state index in [1.54, 1.807) is 0 Å². The van der Waals surface area contributed by atoms with Crippen molar-refractivity contribution in [2.75, 3.05) is 6.61 Å². The molecule has 3 heterocycles. The van der Waals surface area contributed by atoms with Gasteiger partial charge in [0.25, 0.3) is 0 Å². The van der Waals surface area contributed by atoms with E-state index < -0.39 is 0 Å². The molecule has 0 unspecified atom stereocenters. The first-order chi connectivity index (χ1) is 13.4. The summed E-state index contributed by atoms with van der Waals surface area (Å²) in [7, 11) is 0. The smallest absolute Gasteiger partial charge is 0.0846 e. The fourth-order valence-corrected chi connectivity index (χ4v) is 4.72. The predicted octanol–water partition coefficient (Wildman–Crippen LogP) is 5.23. The van der Waals surface area contributed by atoms with Gasteiger partial charge in [-0.15, -0.1) is 0 Å². The molecule has 148 valence electrons. The highest BCUT2D eigenvalue weighted by atomic mass is 16.6. The molecule has 0 bridgehead atoms. The summed E-state index contributed by atoms with van der Waals surface area (Å²) < 4.78 is 18.4. The van der Waals surface area contributed by atoms with Crippen molar-refractivity contribution >= 4 is 0 Å². The van der Waals surface area contributed by atoms with Gasteiger partial charge >= 0.3 is 0 Å². The average molecular weight is 371 g/mol. The third kappa shape index (κ3) is 5.43. The Morgan fingerprint density at radius 1 is 0.815 bits per heavy atom. The van der Waals surface area contributed by atoms with E-state index in [1.165, 1.54) is 37.7 Å². The Morgan fingerprint density at radius 3 is 2.41 bits per heavy atom. The lowest BCUT2D eigenvalue weighted by Gasteiger charge is -2.22. The maximum absolute atomic E-state index is 6.30. The molecule has 1 aromatic carbocycles. The summed E-state index contributed by atoms with van der Waals surface area (Å²) in [6.45, 7) is 0.910. The number of hydrogen-bond acceptors (Lipinski definition) is 3. The molecule has 3 aliphatic rings.